The number of aliphatic hydroxyl groups is 1. The first-order valence-corrected chi connectivity index (χ1v) is 7.60. The third kappa shape index (κ3) is 7.74. The molecule has 0 fully saturated rings. The minimum atomic E-state index is -3.41. The quantitative estimate of drug-likeness (QED) is 0.663. The third-order valence-electron chi connectivity index (χ3n) is 2.24. The molecule has 0 radical (unpaired) electrons. The minimum absolute atomic E-state index is 0.0223. The third-order valence-corrected chi connectivity index (χ3v) is 3.34. The zero-order valence-electron chi connectivity index (χ0n) is 10.7. The highest BCUT2D eigenvalue weighted by Crippen LogP contribution is 2.02. The van der Waals surface area contributed by atoms with Crippen molar-refractivity contribution >= 4 is 16.1 Å². The summed E-state index contributed by atoms with van der Waals surface area (Å²) in [7, 11) is -3.41. The molecule has 106 valence electrons. The molecule has 0 amide bonds. The van der Waals surface area contributed by atoms with Crippen LogP contribution in [0.25, 0.3) is 6.08 Å². The van der Waals surface area contributed by atoms with Gasteiger partial charge in [0.05, 0.1) is 13.2 Å². The van der Waals surface area contributed by atoms with Gasteiger partial charge in [-0.2, -0.15) is 0 Å². The highest BCUT2D eigenvalue weighted by Gasteiger charge is 2.03. The molecule has 0 aliphatic carbocycles. The molecule has 0 atom stereocenters. The zero-order chi connectivity index (χ0) is 14.0. The van der Waals surface area contributed by atoms with Gasteiger partial charge in [0.1, 0.15) is 0 Å². The van der Waals surface area contributed by atoms with Crippen LogP contribution < -0.4 is 4.72 Å². The molecular weight excluding hydrogens is 266 g/mol. The highest BCUT2D eigenvalue weighted by atomic mass is 32.2. The maximum absolute atomic E-state index is 11.6. The second kappa shape index (κ2) is 8.82. The van der Waals surface area contributed by atoms with Crippen LogP contribution in [0, 0.1) is 0 Å². The number of ether oxygens (including phenoxy) is 1. The van der Waals surface area contributed by atoms with Crippen molar-refractivity contribution in [3.05, 3.63) is 41.3 Å². The number of rotatable bonds is 9. The largest absolute Gasteiger partial charge is 0.394 e. The minimum Gasteiger partial charge on any atom is -0.394 e. The van der Waals surface area contributed by atoms with Gasteiger partial charge < -0.3 is 9.84 Å². The molecule has 0 bridgehead atoms. The molecule has 5 nitrogen and oxygen atoms in total. The Labute approximate surface area is 114 Å². The molecule has 0 saturated carbocycles. The van der Waals surface area contributed by atoms with Gasteiger partial charge in [-0.1, -0.05) is 30.3 Å². The van der Waals surface area contributed by atoms with Gasteiger partial charge in [-0.3, -0.25) is 0 Å². The number of hydrogen-bond acceptors (Lipinski definition) is 4. The maximum Gasteiger partial charge on any atom is 0.233 e. The van der Waals surface area contributed by atoms with Crippen LogP contribution in [0.5, 0.6) is 0 Å². The topological polar surface area (TPSA) is 75.6 Å². The van der Waals surface area contributed by atoms with Crippen molar-refractivity contribution < 1.29 is 18.3 Å². The lowest BCUT2D eigenvalue weighted by molar-refractivity contribution is 0.0913. The van der Waals surface area contributed by atoms with E-state index in [0.717, 1.165) is 11.0 Å². The molecule has 6 heteroatoms. The number of aliphatic hydroxyl groups excluding tert-OH is 1. The van der Waals surface area contributed by atoms with E-state index in [1.165, 1.54) is 0 Å². The fraction of sp³-hybridized carbons (Fsp3) is 0.385. The average Bonchev–Trinajstić information content (AvgIpc) is 2.42. The molecule has 19 heavy (non-hydrogen) atoms. The second-order valence-corrected chi connectivity index (χ2v) is 5.49. The highest BCUT2D eigenvalue weighted by molar-refractivity contribution is 7.92. The summed E-state index contributed by atoms with van der Waals surface area (Å²) in [4.78, 5) is 0. The van der Waals surface area contributed by atoms with Crippen LogP contribution in [0.15, 0.2) is 35.7 Å². The summed E-state index contributed by atoms with van der Waals surface area (Å²) in [6.45, 7) is 0.991. The van der Waals surface area contributed by atoms with Crippen molar-refractivity contribution in [1.29, 1.82) is 0 Å². The Balaban J connectivity index is 2.30. The zero-order valence-corrected chi connectivity index (χ0v) is 11.5. The van der Waals surface area contributed by atoms with Crippen LogP contribution in [-0.2, 0) is 14.8 Å². The van der Waals surface area contributed by atoms with Crippen LogP contribution in [0.2, 0.25) is 0 Å². The lowest BCUT2D eigenvalue weighted by atomic mass is 10.2. The lowest BCUT2D eigenvalue weighted by Crippen LogP contribution is -2.23. The predicted octanol–water partition coefficient (Wildman–Crippen LogP) is 0.976. The Kier molecular flexibility index (Phi) is 7.35. The van der Waals surface area contributed by atoms with E-state index in [1.54, 1.807) is 6.08 Å². The van der Waals surface area contributed by atoms with Crippen LogP contribution in [0.4, 0.5) is 0 Å². The molecule has 0 aromatic heterocycles. The number of benzene rings is 1. The normalized spacial score (nSPS) is 12.1. The van der Waals surface area contributed by atoms with Crippen molar-refractivity contribution in [3.8, 4) is 0 Å². The molecule has 1 rings (SSSR count). The molecule has 2 N–H and O–H groups in total. The van der Waals surface area contributed by atoms with Crippen molar-refractivity contribution in [1.82, 2.24) is 4.72 Å². The van der Waals surface area contributed by atoms with Crippen molar-refractivity contribution in [2.45, 2.75) is 6.42 Å². The Morgan fingerprint density at radius 3 is 2.63 bits per heavy atom. The summed E-state index contributed by atoms with van der Waals surface area (Å²) in [5.41, 5.74) is 0.833. The van der Waals surface area contributed by atoms with Crippen LogP contribution in [0.1, 0.15) is 12.0 Å². The first kappa shape index (κ1) is 15.8. The van der Waals surface area contributed by atoms with E-state index < -0.39 is 10.0 Å². The van der Waals surface area contributed by atoms with Gasteiger partial charge in [-0.05, 0) is 18.1 Å². The Bertz CT molecular complexity index is 471. The number of sulfonamides is 1. The van der Waals surface area contributed by atoms with E-state index >= 15 is 0 Å². The first-order chi connectivity index (χ1) is 9.14. The van der Waals surface area contributed by atoms with Crippen LogP contribution in [0.3, 0.4) is 0 Å². The monoisotopic (exact) mass is 285 g/mol. The molecule has 0 aliphatic rings. The van der Waals surface area contributed by atoms with E-state index in [-0.39, 0.29) is 13.2 Å². The summed E-state index contributed by atoms with van der Waals surface area (Å²) in [5, 5.41) is 9.63. The number of nitrogens with one attached hydrogen (secondary N) is 1. The Morgan fingerprint density at radius 1 is 1.21 bits per heavy atom. The van der Waals surface area contributed by atoms with Gasteiger partial charge in [0, 0.05) is 18.6 Å². The molecule has 1 aromatic carbocycles. The molecule has 0 saturated heterocycles. The molecule has 1 aromatic rings. The Hall–Kier alpha value is -1.21. The van der Waals surface area contributed by atoms with E-state index in [4.69, 9.17) is 9.84 Å². The van der Waals surface area contributed by atoms with Crippen molar-refractivity contribution in [2.75, 3.05) is 26.4 Å². The van der Waals surface area contributed by atoms with Crippen molar-refractivity contribution in [2.24, 2.45) is 0 Å². The SMILES string of the molecule is O=S(=O)(/C=C/c1ccccc1)NCCCOCCO. The summed E-state index contributed by atoms with van der Waals surface area (Å²) in [5.74, 6) is 0. The fourth-order valence-corrected chi connectivity index (χ4v) is 2.20. The standard InChI is InChI=1S/C13H19NO4S/c15-9-11-18-10-4-8-14-19(16,17)12-7-13-5-2-1-3-6-13/h1-3,5-7,12,14-15H,4,8-11H2/b12-7+. The molecule has 0 spiro atoms. The van der Waals surface area contributed by atoms with E-state index in [2.05, 4.69) is 4.72 Å². The van der Waals surface area contributed by atoms with Crippen molar-refractivity contribution in [3.63, 3.8) is 0 Å². The van der Waals surface area contributed by atoms with Gasteiger partial charge in [0.2, 0.25) is 10.0 Å². The van der Waals surface area contributed by atoms with Gasteiger partial charge in [0.25, 0.3) is 0 Å². The van der Waals surface area contributed by atoms with Crippen LogP contribution >= 0.6 is 0 Å². The predicted molar refractivity (Wildman–Crippen MR) is 74.9 cm³/mol. The summed E-state index contributed by atoms with van der Waals surface area (Å²) in [6, 6.07) is 9.22. The molecule has 0 unspecified atom stereocenters. The van der Waals surface area contributed by atoms with Gasteiger partial charge in [-0.25, -0.2) is 13.1 Å². The smallest absolute Gasteiger partial charge is 0.233 e. The summed E-state index contributed by atoms with van der Waals surface area (Å²) in [6.07, 6.45) is 2.11. The molecule has 0 aliphatic heterocycles. The second-order valence-electron chi connectivity index (χ2n) is 3.84. The van der Waals surface area contributed by atoms with Gasteiger partial charge in [-0.15, -0.1) is 0 Å². The van der Waals surface area contributed by atoms with Crippen LogP contribution in [-0.4, -0.2) is 39.9 Å². The summed E-state index contributed by atoms with van der Waals surface area (Å²) >= 11 is 0. The van der Waals surface area contributed by atoms with Gasteiger partial charge in [0.15, 0.2) is 0 Å². The summed E-state index contributed by atoms with van der Waals surface area (Å²) < 4.78 is 30.7. The Morgan fingerprint density at radius 2 is 1.95 bits per heavy atom. The first-order valence-electron chi connectivity index (χ1n) is 6.05. The molecular formula is C13H19NO4S. The lowest BCUT2D eigenvalue weighted by Gasteiger charge is -2.03. The average molecular weight is 285 g/mol. The maximum atomic E-state index is 11.6. The fourth-order valence-electron chi connectivity index (χ4n) is 1.34. The molecule has 0 heterocycles. The number of hydrogen-bond donors (Lipinski definition) is 2. The van der Waals surface area contributed by atoms with E-state index in [1.807, 2.05) is 30.3 Å². The van der Waals surface area contributed by atoms with E-state index in [9.17, 15) is 8.42 Å². The van der Waals surface area contributed by atoms with E-state index in [0.29, 0.717) is 19.6 Å². The van der Waals surface area contributed by atoms with Gasteiger partial charge >= 0.3 is 0 Å².